The van der Waals surface area contributed by atoms with Gasteiger partial charge in [-0.15, -0.1) is 11.3 Å². The van der Waals surface area contributed by atoms with Crippen molar-refractivity contribution in [3.05, 3.63) is 34.2 Å². The lowest BCUT2D eigenvalue weighted by Gasteiger charge is -2.04. The number of sulfonamides is 1. The van der Waals surface area contributed by atoms with Crippen LogP contribution in [-0.2, 0) is 23.0 Å². The Balaban J connectivity index is 2.08. The van der Waals surface area contributed by atoms with Crippen molar-refractivity contribution in [3.63, 3.8) is 0 Å². The van der Waals surface area contributed by atoms with Crippen LogP contribution in [0.3, 0.4) is 0 Å². The van der Waals surface area contributed by atoms with E-state index in [1.165, 1.54) is 17.8 Å². The van der Waals surface area contributed by atoms with Crippen LogP contribution in [0.25, 0.3) is 0 Å². The van der Waals surface area contributed by atoms with Gasteiger partial charge in [0, 0.05) is 11.4 Å². The second-order valence-electron chi connectivity index (χ2n) is 3.47. The third-order valence-electron chi connectivity index (χ3n) is 2.41. The molecule has 0 bridgehead atoms. The largest absolute Gasteiger partial charge is 0.266 e. The molecule has 2 heterocycles. The lowest BCUT2D eigenvalue weighted by molar-refractivity contribution is 0.577. The van der Waals surface area contributed by atoms with Gasteiger partial charge >= 0.3 is 0 Å². The number of nitrogens with zero attached hydrogens (tertiary/aromatic N) is 1. The lowest BCUT2D eigenvalue weighted by atomic mass is 10.2. The maximum Gasteiger partial charge on any atom is 0.257 e. The lowest BCUT2D eigenvalue weighted by Crippen LogP contribution is -2.23. The van der Waals surface area contributed by atoms with Crippen molar-refractivity contribution < 1.29 is 8.42 Å². The Morgan fingerprint density at radius 2 is 2.29 bits per heavy atom. The number of aromatic nitrogens is 2. The van der Waals surface area contributed by atoms with Gasteiger partial charge in [-0.3, -0.25) is 5.10 Å². The normalized spacial score (nSPS) is 11.8. The van der Waals surface area contributed by atoms with Crippen molar-refractivity contribution in [3.8, 4) is 0 Å². The van der Waals surface area contributed by atoms with Crippen LogP contribution in [0.4, 0.5) is 0 Å². The summed E-state index contributed by atoms with van der Waals surface area (Å²) in [4.78, 5) is 1.05. The van der Waals surface area contributed by atoms with E-state index in [-0.39, 0.29) is 5.03 Å². The molecular formula is C10H13N3O2S2. The Morgan fingerprint density at radius 1 is 1.47 bits per heavy atom. The highest BCUT2D eigenvalue weighted by Gasteiger charge is 2.15. The van der Waals surface area contributed by atoms with Gasteiger partial charge in [-0.05, 0) is 29.5 Å². The van der Waals surface area contributed by atoms with Crippen LogP contribution in [0, 0.1) is 0 Å². The third kappa shape index (κ3) is 2.74. The highest BCUT2D eigenvalue weighted by molar-refractivity contribution is 7.89. The Hall–Kier alpha value is -1.18. The minimum Gasteiger partial charge on any atom is -0.266 e. The van der Waals surface area contributed by atoms with E-state index in [4.69, 9.17) is 0 Å². The average Bonchev–Trinajstić information content (AvgIpc) is 2.97. The number of aryl methyl sites for hydroxylation is 1. The minimum absolute atomic E-state index is 0.0899. The first-order valence-electron chi connectivity index (χ1n) is 5.17. The Kier molecular flexibility index (Phi) is 3.60. The summed E-state index contributed by atoms with van der Waals surface area (Å²) in [7, 11) is -3.48. The molecule has 17 heavy (non-hydrogen) atoms. The summed E-state index contributed by atoms with van der Waals surface area (Å²) in [5.41, 5.74) is 1.18. The number of hydrogen-bond acceptors (Lipinski definition) is 4. The first kappa shape index (κ1) is 12.3. The second kappa shape index (κ2) is 4.99. The molecule has 0 saturated carbocycles. The smallest absolute Gasteiger partial charge is 0.257 e. The van der Waals surface area contributed by atoms with Crippen molar-refractivity contribution in [1.82, 2.24) is 14.9 Å². The van der Waals surface area contributed by atoms with E-state index in [0.29, 0.717) is 6.54 Å². The van der Waals surface area contributed by atoms with Crippen LogP contribution in [0.15, 0.2) is 28.7 Å². The number of H-pyrrole nitrogens is 1. The summed E-state index contributed by atoms with van der Waals surface area (Å²) < 4.78 is 26.2. The molecule has 2 aromatic heterocycles. The fraction of sp³-hybridized carbons (Fsp3) is 0.300. The zero-order chi connectivity index (χ0) is 12.3. The SMILES string of the molecule is CCc1ccsc1CNS(=O)(=O)c1ccn[nH]1. The van der Waals surface area contributed by atoms with Gasteiger partial charge in [0.15, 0.2) is 5.03 Å². The first-order valence-corrected chi connectivity index (χ1v) is 7.54. The van der Waals surface area contributed by atoms with Gasteiger partial charge in [0.25, 0.3) is 10.0 Å². The zero-order valence-corrected chi connectivity index (χ0v) is 10.9. The molecule has 7 heteroatoms. The van der Waals surface area contributed by atoms with Gasteiger partial charge in [0.1, 0.15) is 0 Å². The molecule has 0 fully saturated rings. The van der Waals surface area contributed by atoms with E-state index >= 15 is 0 Å². The Morgan fingerprint density at radius 3 is 2.94 bits per heavy atom. The van der Waals surface area contributed by atoms with Gasteiger partial charge in [-0.2, -0.15) is 5.10 Å². The standard InChI is InChI=1S/C10H13N3O2S2/c1-2-8-4-6-16-9(8)7-12-17(14,15)10-3-5-11-13-10/h3-6,12H,2,7H2,1H3,(H,11,13). The highest BCUT2D eigenvalue weighted by Crippen LogP contribution is 2.17. The number of hydrogen-bond donors (Lipinski definition) is 2. The maximum atomic E-state index is 11.8. The van der Waals surface area contributed by atoms with Crippen molar-refractivity contribution >= 4 is 21.4 Å². The molecule has 2 N–H and O–H groups in total. The van der Waals surface area contributed by atoms with Gasteiger partial charge in [-0.1, -0.05) is 6.92 Å². The van der Waals surface area contributed by atoms with Gasteiger partial charge in [0.2, 0.25) is 0 Å². The number of rotatable bonds is 5. The van der Waals surface area contributed by atoms with Crippen LogP contribution in [0.1, 0.15) is 17.4 Å². The third-order valence-corrected chi connectivity index (χ3v) is 4.70. The second-order valence-corrected chi connectivity index (χ2v) is 6.20. The zero-order valence-electron chi connectivity index (χ0n) is 9.30. The first-order chi connectivity index (χ1) is 8.13. The Labute approximate surface area is 104 Å². The number of thiophene rings is 1. The van der Waals surface area contributed by atoms with Gasteiger partial charge in [0.05, 0.1) is 6.20 Å². The quantitative estimate of drug-likeness (QED) is 0.865. The van der Waals surface area contributed by atoms with E-state index < -0.39 is 10.0 Å². The topological polar surface area (TPSA) is 74.8 Å². The summed E-state index contributed by atoms with van der Waals surface area (Å²) in [6, 6.07) is 3.45. The van der Waals surface area contributed by atoms with Crippen LogP contribution in [0.5, 0.6) is 0 Å². The Bertz CT molecular complexity index is 572. The molecular weight excluding hydrogens is 258 g/mol. The number of aromatic amines is 1. The molecule has 0 aromatic carbocycles. The molecule has 5 nitrogen and oxygen atoms in total. The van der Waals surface area contributed by atoms with E-state index in [1.54, 1.807) is 11.3 Å². The summed E-state index contributed by atoms with van der Waals surface area (Å²) in [6.45, 7) is 2.37. The summed E-state index contributed by atoms with van der Waals surface area (Å²) in [6.07, 6.45) is 2.32. The molecule has 0 amide bonds. The van der Waals surface area contributed by atoms with Gasteiger partial charge in [-0.25, -0.2) is 13.1 Å². The molecule has 2 rings (SSSR count). The molecule has 92 valence electrons. The predicted molar refractivity (Wildman–Crippen MR) is 66.3 cm³/mol. The van der Waals surface area contributed by atoms with Crippen molar-refractivity contribution in [2.24, 2.45) is 0 Å². The van der Waals surface area contributed by atoms with Crippen molar-refractivity contribution in [1.29, 1.82) is 0 Å². The molecule has 0 spiro atoms. The molecule has 0 aliphatic heterocycles. The van der Waals surface area contributed by atoms with E-state index in [2.05, 4.69) is 21.8 Å². The van der Waals surface area contributed by atoms with E-state index in [1.807, 2.05) is 11.4 Å². The van der Waals surface area contributed by atoms with E-state index in [0.717, 1.165) is 11.3 Å². The number of nitrogens with one attached hydrogen (secondary N) is 2. The highest BCUT2D eigenvalue weighted by atomic mass is 32.2. The molecule has 0 saturated heterocycles. The molecule has 0 aliphatic rings. The molecule has 0 radical (unpaired) electrons. The predicted octanol–water partition coefficient (Wildman–Crippen LogP) is 1.51. The van der Waals surface area contributed by atoms with Crippen molar-refractivity contribution in [2.75, 3.05) is 0 Å². The van der Waals surface area contributed by atoms with E-state index in [9.17, 15) is 8.42 Å². The fourth-order valence-electron chi connectivity index (χ4n) is 1.47. The molecule has 0 aliphatic carbocycles. The average molecular weight is 271 g/mol. The molecule has 2 aromatic rings. The van der Waals surface area contributed by atoms with Gasteiger partial charge < -0.3 is 0 Å². The van der Waals surface area contributed by atoms with Crippen molar-refractivity contribution in [2.45, 2.75) is 24.9 Å². The minimum atomic E-state index is -3.48. The monoisotopic (exact) mass is 271 g/mol. The van der Waals surface area contributed by atoms with Crippen LogP contribution in [0.2, 0.25) is 0 Å². The molecule has 0 atom stereocenters. The maximum absolute atomic E-state index is 11.8. The van der Waals surface area contributed by atoms with Crippen LogP contribution in [-0.4, -0.2) is 18.6 Å². The summed E-state index contributed by atoms with van der Waals surface area (Å²) in [5.74, 6) is 0. The summed E-state index contributed by atoms with van der Waals surface area (Å²) in [5, 5.41) is 8.13. The van der Waals surface area contributed by atoms with Crippen LogP contribution >= 0.6 is 11.3 Å². The summed E-state index contributed by atoms with van der Waals surface area (Å²) >= 11 is 1.56. The fourth-order valence-corrected chi connectivity index (χ4v) is 3.38. The molecule has 0 unspecified atom stereocenters. The van der Waals surface area contributed by atoms with Crippen LogP contribution < -0.4 is 4.72 Å².